The van der Waals surface area contributed by atoms with Gasteiger partial charge in [0.05, 0.1) is 0 Å². The summed E-state index contributed by atoms with van der Waals surface area (Å²) in [5.74, 6) is 0. The van der Waals surface area contributed by atoms with Crippen LogP contribution in [-0.4, -0.2) is 24.7 Å². The van der Waals surface area contributed by atoms with Gasteiger partial charge in [-0.25, -0.2) is 0 Å². The summed E-state index contributed by atoms with van der Waals surface area (Å²) < 4.78 is 36.0. The van der Waals surface area contributed by atoms with Crippen molar-refractivity contribution in [3.05, 3.63) is 12.3 Å². The molecule has 0 aromatic carbocycles. The average Bonchev–Trinajstić information content (AvgIpc) is 1.97. The molecule has 0 bridgehead atoms. The van der Waals surface area contributed by atoms with Crippen LogP contribution in [0.5, 0.6) is 0 Å². The van der Waals surface area contributed by atoms with Crippen LogP contribution in [0.2, 0.25) is 0 Å². The van der Waals surface area contributed by atoms with Gasteiger partial charge in [0.15, 0.2) is 0 Å². The first-order valence-electron chi connectivity index (χ1n) is 3.86. The summed E-state index contributed by atoms with van der Waals surface area (Å²) in [6.45, 7) is 5.33. The van der Waals surface area contributed by atoms with Gasteiger partial charge in [-0.2, -0.15) is 13.2 Å². The summed E-state index contributed by atoms with van der Waals surface area (Å²) in [5, 5.41) is 0. The van der Waals surface area contributed by atoms with Gasteiger partial charge >= 0.3 is 6.18 Å². The first-order chi connectivity index (χ1) is 5.39. The van der Waals surface area contributed by atoms with Crippen molar-refractivity contribution in [2.24, 2.45) is 0 Å². The van der Waals surface area contributed by atoms with E-state index in [0.29, 0.717) is 6.54 Å². The number of allylic oxidation sites excluding steroid dienone is 1. The zero-order valence-corrected chi connectivity index (χ0v) is 7.41. The molecule has 12 heavy (non-hydrogen) atoms. The number of alkyl halides is 3. The zero-order valence-electron chi connectivity index (χ0n) is 7.41. The standard InChI is InChI=1S/C8H14F3N/c1-4-5-6-12(3)7(2)8(9,10)11/h2,4-6H2,1,3H3. The fourth-order valence-electron chi connectivity index (χ4n) is 0.747. The number of hydrogen-bond acceptors (Lipinski definition) is 1. The predicted molar refractivity (Wildman–Crippen MR) is 42.7 cm³/mol. The molecule has 0 rings (SSSR count). The molecule has 0 heterocycles. The monoisotopic (exact) mass is 181 g/mol. The second-order valence-electron chi connectivity index (χ2n) is 2.72. The quantitative estimate of drug-likeness (QED) is 0.644. The third-order valence-electron chi connectivity index (χ3n) is 1.64. The molecule has 0 aliphatic heterocycles. The number of halogens is 3. The lowest BCUT2D eigenvalue weighted by Crippen LogP contribution is -2.28. The molecule has 0 atom stereocenters. The molecule has 72 valence electrons. The maximum atomic E-state index is 12.0. The Morgan fingerprint density at radius 1 is 1.42 bits per heavy atom. The molecule has 0 saturated carbocycles. The van der Waals surface area contributed by atoms with Gasteiger partial charge in [0.25, 0.3) is 0 Å². The normalized spacial score (nSPS) is 11.4. The Hall–Kier alpha value is -0.670. The number of rotatable bonds is 4. The van der Waals surface area contributed by atoms with Crippen molar-refractivity contribution in [2.45, 2.75) is 25.9 Å². The van der Waals surface area contributed by atoms with E-state index in [2.05, 4.69) is 6.58 Å². The van der Waals surface area contributed by atoms with Crippen LogP contribution in [0.3, 0.4) is 0 Å². The summed E-state index contributed by atoms with van der Waals surface area (Å²) in [6, 6.07) is 0. The van der Waals surface area contributed by atoms with Gasteiger partial charge in [0.1, 0.15) is 5.70 Å². The van der Waals surface area contributed by atoms with E-state index in [0.717, 1.165) is 17.7 Å². The molecule has 0 saturated heterocycles. The van der Waals surface area contributed by atoms with Gasteiger partial charge in [-0.3, -0.25) is 0 Å². The maximum absolute atomic E-state index is 12.0. The third kappa shape index (κ3) is 3.64. The molecule has 0 aliphatic rings. The minimum absolute atomic E-state index is 0.412. The lowest BCUT2D eigenvalue weighted by molar-refractivity contribution is -0.109. The largest absolute Gasteiger partial charge is 0.430 e. The molecule has 0 aromatic heterocycles. The van der Waals surface area contributed by atoms with Crippen LogP contribution in [0.25, 0.3) is 0 Å². The fraction of sp³-hybridized carbons (Fsp3) is 0.750. The Morgan fingerprint density at radius 3 is 2.25 bits per heavy atom. The third-order valence-corrected chi connectivity index (χ3v) is 1.64. The van der Waals surface area contributed by atoms with Crippen molar-refractivity contribution >= 4 is 0 Å². The van der Waals surface area contributed by atoms with E-state index in [1.54, 1.807) is 0 Å². The molecule has 1 nitrogen and oxygen atoms in total. The Balaban J connectivity index is 3.94. The Morgan fingerprint density at radius 2 is 1.92 bits per heavy atom. The molecular formula is C8H14F3N. The van der Waals surface area contributed by atoms with Crippen LogP contribution >= 0.6 is 0 Å². The van der Waals surface area contributed by atoms with Crippen molar-refractivity contribution < 1.29 is 13.2 Å². The summed E-state index contributed by atoms with van der Waals surface area (Å²) in [7, 11) is 1.41. The Kier molecular flexibility index (Phi) is 4.13. The predicted octanol–water partition coefficient (Wildman–Crippen LogP) is 2.79. The highest BCUT2D eigenvalue weighted by molar-refractivity contribution is 5.00. The number of nitrogens with zero attached hydrogens (tertiary/aromatic N) is 1. The molecule has 0 N–H and O–H groups in total. The van der Waals surface area contributed by atoms with E-state index in [1.165, 1.54) is 7.05 Å². The highest BCUT2D eigenvalue weighted by atomic mass is 19.4. The molecular weight excluding hydrogens is 167 g/mol. The molecule has 0 amide bonds. The minimum atomic E-state index is -4.29. The summed E-state index contributed by atoms with van der Waals surface area (Å²) in [6.07, 6.45) is -2.65. The van der Waals surface area contributed by atoms with E-state index in [-0.39, 0.29) is 0 Å². The molecule has 0 radical (unpaired) electrons. The van der Waals surface area contributed by atoms with Gasteiger partial charge in [-0.05, 0) is 6.42 Å². The van der Waals surface area contributed by atoms with Gasteiger partial charge in [0.2, 0.25) is 0 Å². The molecule has 0 aromatic rings. The van der Waals surface area contributed by atoms with Crippen LogP contribution in [0.4, 0.5) is 13.2 Å². The topological polar surface area (TPSA) is 3.24 Å². The molecule has 0 spiro atoms. The molecule has 4 heteroatoms. The summed E-state index contributed by atoms with van der Waals surface area (Å²) in [5.41, 5.74) is -0.768. The van der Waals surface area contributed by atoms with Crippen LogP contribution in [0, 0.1) is 0 Å². The van der Waals surface area contributed by atoms with Crippen LogP contribution in [0.1, 0.15) is 19.8 Å². The van der Waals surface area contributed by atoms with Crippen molar-refractivity contribution in [3.8, 4) is 0 Å². The van der Waals surface area contributed by atoms with Crippen molar-refractivity contribution in [2.75, 3.05) is 13.6 Å². The summed E-state index contributed by atoms with van der Waals surface area (Å²) in [4.78, 5) is 1.14. The number of hydrogen-bond donors (Lipinski definition) is 0. The van der Waals surface area contributed by atoms with Gasteiger partial charge in [-0.1, -0.05) is 19.9 Å². The van der Waals surface area contributed by atoms with E-state index < -0.39 is 11.9 Å². The minimum Gasteiger partial charge on any atom is -0.371 e. The van der Waals surface area contributed by atoms with E-state index >= 15 is 0 Å². The zero-order chi connectivity index (χ0) is 9.78. The second-order valence-corrected chi connectivity index (χ2v) is 2.72. The highest BCUT2D eigenvalue weighted by Crippen LogP contribution is 2.25. The summed E-state index contributed by atoms with van der Waals surface area (Å²) >= 11 is 0. The molecule has 0 aliphatic carbocycles. The van der Waals surface area contributed by atoms with Crippen LogP contribution in [0.15, 0.2) is 12.3 Å². The second kappa shape index (κ2) is 4.38. The highest BCUT2D eigenvalue weighted by Gasteiger charge is 2.34. The van der Waals surface area contributed by atoms with Crippen molar-refractivity contribution in [1.29, 1.82) is 0 Å². The SMILES string of the molecule is C=C(N(C)CCCC)C(F)(F)F. The van der Waals surface area contributed by atoms with Crippen LogP contribution in [-0.2, 0) is 0 Å². The Bertz CT molecular complexity index is 151. The Labute approximate surface area is 70.9 Å². The van der Waals surface area contributed by atoms with E-state index in [9.17, 15) is 13.2 Å². The number of unbranched alkanes of at least 4 members (excludes halogenated alkanes) is 1. The van der Waals surface area contributed by atoms with Gasteiger partial charge in [-0.15, -0.1) is 0 Å². The lowest BCUT2D eigenvalue weighted by Gasteiger charge is -2.22. The first kappa shape index (κ1) is 11.3. The first-order valence-corrected chi connectivity index (χ1v) is 3.86. The molecule has 0 unspecified atom stereocenters. The van der Waals surface area contributed by atoms with Gasteiger partial charge in [0, 0.05) is 13.6 Å². The average molecular weight is 181 g/mol. The lowest BCUT2D eigenvalue weighted by atomic mass is 10.3. The van der Waals surface area contributed by atoms with E-state index in [1.807, 2.05) is 6.92 Å². The van der Waals surface area contributed by atoms with Gasteiger partial charge < -0.3 is 4.90 Å². The fourth-order valence-corrected chi connectivity index (χ4v) is 0.747. The maximum Gasteiger partial charge on any atom is 0.430 e. The van der Waals surface area contributed by atoms with Crippen molar-refractivity contribution in [1.82, 2.24) is 4.90 Å². The molecule has 0 fully saturated rings. The van der Waals surface area contributed by atoms with E-state index in [4.69, 9.17) is 0 Å². The van der Waals surface area contributed by atoms with Crippen molar-refractivity contribution in [3.63, 3.8) is 0 Å². The van der Waals surface area contributed by atoms with Crippen LogP contribution < -0.4 is 0 Å². The smallest absolute Gasteiger partial charge is 0.371 e.